The molecule has 126 valence electrons. The van der Waals surface area contributed by atoms with E-state index >= 15 is 0 Å². The Morgan fingerprint density at radius 1 is 1.17 bits per heavy atom. The Kier molecular flexibility index (Phi) is 5.82. The minimum Gasteiger partial charge on any atom is -0.479 e. The summed E-state index contributed by atoms with van der Waals surface area (Å²) in [5.74, 6) is -0.690. The Balaban J connectivity index is 2.09. The SMILES string of the molecule is Cc1ccc(Cl)c(O[C@@H](C)C(=O)N[C@H](C(N)=O)c2ccccc2)c1. The molecule has 0 radical (unpaired) electrons. The highest BCUT2D eigenvalue weighted by Gasteiger charge is 2.24. The quantitative estimate of drug-likeness (QED) is 0.843. The Morgan fingerprint density at radius 2 is 1.83 bits per heavy atom. The highest BCUT2D eigenvalue weighted by atomic mass is 35.5. The van der Waals surface area contributed by atoms with E-state index in [0.29, 0.717) is 16.3 Å². The number of carbonyl (C=O) groups is 2. The number of benzene rings is 2. The molecule has 6 heteroatoms. The van der Waals surface area contributed by atoms with Crippen molar-refractivity contribution in [3.05, 3.63) is 64.7 Å². The number of ether oxygens (including phenoxy) is 1. The van der Waals surface area contributed by atoms with Crippen LogP contribution in [0.2, 0.25) is 5.02 Å². The van der Waals surface area contributed by atoms with E-state index in [1.54, 1.807) is 43.3 Å². The van der Waals surface area contributed by atoms with Crippen LogP contribution in [0.15, 0.2) is 48.5 Å². The summed E-state index contributed by atoms with van der Waals surface area (Å²) in [4.78, 5) is 24.0. The zero-order chi connectivity index (χ0) is 17.7. The summed E-state index contributed by atoms with van der Waals surface area (Å²) in [6.07, 6.45) is -0.838. The fourth-order valence-corrected chi connectivity index (χ4v) is 2.33. The molecule has 2 rings (SSSR count). The van der Waals surface area contributed by atoms with Crippen molar-refractivity contribution in [2.45, 2.75) is 26.0 Å². The smallest absolute Gasteiger partial charge is 0.261 e. The maximum Gasteiger partial charge on any atom is 0.261 e. The van der Waals surface area contributed by atoms with E-state index < -0.39 is 24.0 Å². The first kappa shape index (κ1) is 17.8. The normalized spacial score (nSPS) is 13.0. The van der Waals surface area contributed by atoms with E-state index in [4.69, 9.17) is 22.1 Å². The molecule has 0 fully saturated rings. The molecule has 2 atom stereocenters. The van der Waals surface area contributed by atoms with Crippen LogP contribution in [0.25, 0.3) is 0 Å². The lowest BCUT2D eigenvalue weighted by Crippen LogP contribution is -2.43. The van der Waals surface area contributed by atoms with Gasteiger partial charge in [-0.25, -0.2) is 0 Å². The average molecular weight is 347 g/mol. The number of aryl methyl sites for hydroxylation is 1. The summed E-state index contributed by atoms with van der Waals surface area (Å²) in [6.45, 7) is 3.48. The fraction of sp³-hybridized carbons (Fsp3) is 0.222. The van der Waals surface area contributed by atoms with Crippen molar-refractivity contribution in [1.82, 2.24) is 5.32 Å². The second-order valence-corrected chi connectivity index (χ2v) is 5.86. The molecule has 0 saturated carbocycles. The summed E-state index contributed by atoms with van der Waals surface area (Å²) in [5, 5.41) is 3.02. The number of carbonyl (C=O) groups excluding carboxylic acids is 2. The summed E-state index contributed by atoms with van der Waals surface area (Å²) in [7, 11) is 0. The molecule has 0 aliphatic rings. The molecule has 0 heterocycles. The third-order valence-corrected chi connectivity index (χ3v) is 3.78. The van der Waals surface area contributed by atoms with Crippen LogP contribution in [0.3, 0.4) is 0 Å². The van der Waals surface area contributed by atoms with Gasteiger partial charge in [-0.3, -0.25) is 9.59 Å². The predicted molar refractivity (Wildman–Crippen MR) is 92.8 cm³/mol. The van der Waals surface area contributed by atoms with Crippen LogP contribution >= 0.6 is 11.6 Å². The highest BCUT2D eigenvalue weighted by molar-refractivity contribution is 6.32. The molecule has 2 aromatic carbocycles. The fourth-order valence-electron chi connectivity index (χ4n) is 2.17. The van der Waals surface area contributed by atoms with Crippen LogP contribution in [0, 0.1) is 6.92 Å². The summed E-state index contributed by atoms with van der Waals surface area (Å²) in [6, 6.07) is 13.2. The van der Waals surface area contributed by atoms with Gasteiger partial charge in [0.05, 0.1) is 5.02 Å². The first-order valence-electron chi connectivity index (χ1n) is 7.46. The predicted octanol–water partition coefficient (Wildman–Crippen LogP) is 2.76. The molecule has 0 spiro atoms. The van der Waals surface area contributed by atoms with Gasteiger partial charge in [0, 0.05) is 0 Å². The minimum atomic E-state index is -0.919. The molecule has 5 nitrogen and oxygen atoms in total. The third-order valence-electron chi connectivity index (χ3n) is 3.46. The molecule has 0 aromatic heterocycles. The Labute approximate surface area is 145 Å². The van der Waals surface area contributed by atoms with Crippen LogP contribution < -0.4 is 15.8 Å². The van der Waals surface area contributed by atoms with Crippen LogP contribution in [0.4, 0.5) is 0 Å². The topological polar surface area (TPSA) is 81.4 Å². The van der Waals surface area contributed by atoms with E-state index in [-0.39, 0.29) is 0 Å². The highest BCUT2D eigenvalue weighted by Crippen LogP contribution is 2.26. The largest absolute Gasteiger partial charge is 0.479 e. The second-order valence-electron chi connectivity index (χ2n) is 5.45. The van der Waals surface area contributed by atoms with Crippen molar-refractivity contribution in [1.29, 1.82) is 0 Å². The van der Waals surface area contributed by atoms with Crippen LogP contribution in [0.1, 0.15) is 24.1 Å². The molecule has 24 heavy (non-hydrogen) atoms. The summed E-state index contributed by atoms with van der Waals surface area (Å²) in [5.41, 5.74) is 6.97. The number of amides is 2. The van der Waals surface area contributed by atoms with E-state index in [0.717, 1.165) is 5.56 Å². The molecule has 2 aromatic rings. The van der Waals surface area contributed by atoms with Gasteiger partial charge in [0.1, 0.15) is 11.8 Å². The van der Waals surface area contributed by atoms with Gasteiger partial charge < -0.3 is 15.8 Å². The van der Waals surface area contributed by atoms with Crippen molar-refractivity contribution in [2.75, 3.05) is 0 Å². The van der Waals surface area contributed by atoms with Gasteiger partial charge in [-0.15, -0.1) is 0 Å². The van der Waals surface area contributed by atoms with Crippen LogP contribution in [0.5, 0.6) is 5.75 Å². The van der Waals surface area contributed by atoms with E-state index in [2.05, 4.69) is 5.32 Å². The number of halogens is 1. The number of rotatable bonds is 6. The molecule has 0 unspecified atom stereocenters. The first-order valence-corrected chi connectivity index (χ1v) is 7.83. The van der Waals surface area contributed by atoms with Crippen molar-refractivity contribution in [3.8, 4) is 5.75 Å². The molecule has 0 bridgehead atoms. The Morgan fingerprint density at radius 3 is 2.46 bits per heavy atom. The summed E-state index contributed by atoms with van der Waals surface area (Å²) >= 11 is 6.07. The van der Waals surface area contributed by atoms with Gasteiger partial charge in [0.2, 0.25) is 5.91 Å². The van der Waals surface area contributed by atoms with Gasteiger partial charge >= 0.3 is 0 Å². The number of primary amides is 1. The number of hydrogen-bond acceptors (Lipinski definition) is 3. The zero-order valence-corrected chi connectivity index (χ0v) is 14.2. The average Bonchev–Trinajstić information content (AvgIpc) is 2.56. The maximum atomic E-state index is 12.3. The lowest BCUT2D eigenvalue weighted by molar-refractivity contribution is -0.131. The molecule has 0 saturated heterocycles. The van der Waals surface area contributed by atoms with E-state index in [1.165, 1.54) is 0 Å². The van der Waals surface area contributed by atoms with Gasteiger partial charge in [-0.2, -0.15) is 0 Å². The van der Waals surface area contributed by atoms with Gasteiger partial charge in [0.25, 0.3) is 5.91 Å². The Bertz CT molecular complexity index is 734. The summed E-state index contributed by atoms with van der Waals surface area (Å²) < 4.78 is 5.61. The lowest BCUT2D eigenvalue weighted by Gasteiger charge is -2.20. The molecule has 0 aliphatic heterocycles. The van der Waals surface area contributed by atoms with Gasteiger partial charge in [-0.05, 0) is 37.1 Å². The molecule has 3 N–H and O–H groups in total. The van der Waals surface area contributed by atoms with Crippen molar-refractivity contribution >= 4 is 23.4 Å². The van der Waals surface area contributed by atoms with Gasteiger partial charge in [-0.1, -0.05) is 48.0 Å². The molecular weight excluding hydrogens is 328 g/mol. The lowest BCUT2D eigenvalue weighted by atomic mass is 10.1. The zero-order valence-electron chi connectivity index (χ0n) is 13.5. The second kappa shape index (κ2) is 7.84. The van der Waals surface area contributed by atoms with E-state index in [9.17, 15) is 9.59 Å². The number of hydrogen-bond donors (Lipinski definition) is 2. The Hall–Kier alpha value is -2.53. The maximum absolute atomic E-state index is 12.3. The minimum absolute atomic E-state index is 0.412. The van der Waals surface area contributed by atoms with E-state index in [1.807, 2.05) is 19.1 Å². The standard InChI is InChI=1S/C18H19ClN2O3/c1-11-8-9-14(19)15(10-11)24-12(2)18(23)21-16(17(20)22)13-6-4-3-5-7-13/h3-10,12,16H,1-2H3,(H2,20,22)(H,21,23)/t12-,16-/m0/s1. The third kappa shape index (κ3) is 4.49. The number of nitrogens with one attached hydrogen (secondary N) is 1. The number of nitrogens with two attached hydrogens (primary N) is 1. The van der Waals surface area contributed by atoms with Crippen LogP contribution in [-0.2, 0) is 9.59 Å². The monoisotopic (exact) mass is 346 g/mol. The van der Waals surface area contributed by atoms with Gasteiger partial charge in [0.15, 0.2) is 6.10 Å². The van der Waals surface area contributed by atoms with Crippen molar-refractivity contribution in [2.24, 2.45) is 5.73 Å². The first-order chi connectivity index (χ1) is 11.4. The molecule has 0 aliphatic carbocycles. The van der Waals surface area contributed by atoms with Crippen LogP contribution in [-0.4, -0.2) is 17.9 Å². The van der Waals surface area contributed by atoms with Crippen molar-refractivity contribution < 1.29 is 14.3 Å². The van der Waals surface area contributed by atoms with Crippen molar-refractivity contribution in [3.63, 3.8) is 0 Å². The molecular formula is C18H19ClN2O3. The molecule has 2 amide bonds.